The molecule has 2 aliphatic heterocycles. The molecule has 2 unspecified atom stereocenters. The van der Waals surface area contributed by atoms with Crippen LogP contribution in [0, 0.1) is 5.92 Å². The van der Waals surface area contributed by atoms with Crippen molar-refractivity contribution >= 4 is 5.97 Å². The van der Waals surface area contributed by atoms with Gasteiger partial charge in [0.25, 0.3) is 0 Å². The molecule has 0 radical (unpaired) electrons. The van der Waals surface area contributed by atoms with E-state index >= 15 is 0 Å². The van der Waals surface area contributed by atoms with Gasteiger partial charge in [0.2, 0.25) is 0 Å². The Kier molecular flexibility index (Phi) is 4.76. The Bertz CT molecular complexity index is 248. The molecule has 0 aromatic rings. The molecule has 2 saturated heterocycles. The molecule has 0 aliphatic carbocycles. The van der Waals surface area contributed by atoms with Crippen LogP contribution in [-0.4, -0.2) is 62.9 Å². The van der Waals surface area contributed by atoms with Crippen LogP contribution in [0.5, 0.6) is 0 Å². The van der Waals surface area contributed by atoms with Gasteiger partial charge in [-0.2, -0.15) is 0 Å². The van der Waals surface area contributed by atoms with Crippen LogP contribution >= 0.6 is 0 Å². The molecule has 2 atom stereocenters. The van der Waals surface area contributed by atoms with Gasteiger partial charge in [0, 0.05) is 38.7 Å². The number of nitrogens with one attached hydrogen (secondary N) is 1. The lowest BCUT2D eigenvalue weighted by molar-refractivity contribution is -0.152. The van der Waals surface area contributed by atoms with Gasteiger partial charge in [-0.15, -0.1) is 0 Å². The van der Waals surface area contributed by atoms with Gasteiger partial charge in [0.15, 0.2) is 0 Å². The molecular formula is C12H22N2O3. The van der Waals surface area contributed by atoms with Gasteiger partial charge >= 0.3 is 5.97 Å². The molecule has 0 amide bonds. The number of nitrogens with zero attached hydrogens (tertiary/aromatic N) is 1. The van der Waals surface area contributed by atoms with Gasteiger partial charge in [-0.05, 0) is 13.3 Å². The zero-order chi connectivity index (χ0) is 12.1. The number of esters is 1. The van der Waals surface area contributed by atoms with Gasteiger partial charge in [0.1, 0.15) is 6.04 Å². The zero-order valence-corrected chi connectivity index (χ0v) is 10.5. The molecule has 0 aromatic heterocycles. The molecule has 2 fully saturated rings. The zero-order valence-electron chi connectivity index (χ0n) is 10.5. The molecule has 98 valence electrons. The second-order valence-corrected chi connectivity index (χ2v) is 4.61. The number of ether oxygens (including phenoxy) is 2. The van der Waals surface area contributed by atoms with E-state index in [0.717, 1.165) is 39.2 Å². The highest BCUT2D eigenvalue weighted by atomic mass is 16.5. The average Bonchev–Trinajstić information content (AvgIpc) is 2.85. The first-order valence-corrected chi connectivity index (χ1v) is 6.52. The Hall–Kier alpha value is -0.650. The van der Waals surface area contributed by atoms with Crippen LogP contribution in [0.2, 0.25) is 0 Å². The number of rotatable bonds is 4. The molecule has 2 aliphatic rings. The summed E-state index contributed by atoms with van der Waals surface area (Å²) in [7, 11) is 0. The summed E-state index contributed by atoms with van der Waals surface area (Å²) >= 11 is 0. The fourth-order valence-corrected chi connectivity index (χ4v) is 2.63. The largest absolute Gasteiger partial charge is 0.465 e. The van der Waals surface area contributed by atoms with Gasteiger partial charge in [0.05, 0.1) is 13.2 Å². The van der Waals surface area contributed by atoms with Crippen molar-refractivity contribution in [2.24, 2.45) is 5.92 Å². The van der Waals surface area contributed by atoms with Crippen molar-refractivity contribution in [1.82, 2.24) is 10.2 Å². The Morgan fingerprint density at radius 3 is 2.88 bits per heavy atom. The van der Waals surface area contributed by atoms with E-state index < -0.39 is 0 Å². The summed E-state index contributed by atoms with van der Waals surface area (Å²) < 4.78 is 10.6. The van der Waals surface area contributed by atoms with E-state index in [1.54, 1.807) is 0 Å². The van der Waals surface area contributed by atoms with Crippen molar-refractivity contribution in [2.45, 2.75) is 19.4 Å². The molecule has 17 heavy (non-hydrogen) atoms. The van der Waals surface area contributed by atoms with Crippen molar-refractivity contribution < 1.29 is 14.3 Å². The molecule has 0 saturated carbocycles. The maximum absolute atomic E-state index is 12.1. The first-order chi connectivity index (χ1) is 8.33. The first kappa shape index (κ1) is 12.8. The molecule has 2 heterocycles. The third-order valence-corrected chi connectivity index (χ3v) is 3.48. The summed E-state index contributed by atoms with van der Waals surface area (Å²) in [5, 5.41) is 3.31. The second kappa shape index (κ2) is 6.33. The third kappa shape index (κ3) is 3.18. The van der Waals surface area contributed by atoms with E-state index in [9.17, 15) is 4.79 Å². The summed E-state index contributed by atoms with van der Waals surface area (Å²) in [4.78, 5) is 14.3. The van der Waals surface area contributed by atoms with Crippen LogP contribution in [0.25, 0.3) is 0 Å². The number of carbonyl (C=O) groups is 1. The van der Waals surface area contributed by atoms with Crippen LogP contribution in [0.4, 0.5) is 0 Å². The van der Waals surface area contributed by atoms with E-state index in [2.05, 4.69) is 10.2 Å². The monoisotopic (exact) mass is 242 g/mol. The van der Waals surface area contributed by atoms with Crippen molar-refractivity contribution in [3.8, 4) is 0 Å². The highest BCUT2D eigenvalue weighted by Gasteiger charge is 2.37. The number of hydrogen-bond acceptors (Lipinski definition) is 5. The molecular weight excluding hydrogens is 220 g/mol. The van der Waals surface area contributed by atoms with E-state index in [-0.39, 0.29) is 12.0 Å². The van der Waals surface area contributed by atoms with Crippen molar-refractivity contribution in [1.29, 1.82) is 0 Å². The predicted molar refractivity (Wildman–Crippen MR) is 63.8 cm³/mol. The molecule has 1 N–H and O–H groups in total. The standard InChI is InChI=1S/C12H22N2O3/c1-2-17-12(15)11(10-3-8-16-9-10)14-6-4-13-5-7-14/h10-11,13H,2-9H2,1H3. The van der Waals surface area contributed by atoms with E-state index in [1.165, 1.54) is 0 Å². The summed E-state index contributed by atoms with van der Waals surface area (Å²) in [5.74, 6) is 0.219. The van der Waals surface area contributed by atoms with E-state index in [4.69, 9.17) is 9.47 Å². The van der Waals surface area contributed by atoms with Crippen molar-refractivity contribution in [2.75, 3.05) is 46.0 Å². The lowest BCUT2D eigenvalue weighted by atomic mass is 9.97. The lowest BCUT2D eigenvalue weighted by Crippen LogP contribution is -2.54. The van der Waals surface area contributed by atoms with Crippen LogP contribution in [0.15, 0.2) is 0 Å². The summed E-state index contributed by atoms with van der Waals surface area (Å²) in [6, 6.07) is -0.112. The summed E-state index contributed by atoms with van der Waals surface area (Å²) in [6.07, 6.45) is 0.966. The van der Waals surface area contributed by atoms with Crippen LogP contribution in [0.1, 0.15) is 13.3 Å². The third-order valence-electron chi connectivity index (χ3n) is 3.48. The normalized spacial score (nSPS) is 27.9. The smallest absolute Gasteiger partial charge is 0.323 e. The SMILES string of the molecule is CCOC(=O)C(C1CCOC1)N1CCNCC1. The van der Waals surface area contributed by atoms with Crippen LogP contribution in [-0.2, 0) is 14.3 Å². The molecule has 2 rings (SSSR count). The average molecular weight is 242 g/mol. The quantitative estimate of drug-likeness (QED) is 0.695. The van der Waals surface area contributed by atoms with Gasteiger partial charge in [-0.3, -0.25) is 9.69 Å². The summed E-state index contributed by atoms with van der Waals surface area (Å²) in [5.41, 5.74) is 0. The number of hydrogen-bond donors (Lipinski definition) is 1. The minimum Gasteiger partial charge on any atom is -0.465 e. The van der Waals surface area contributed by atoms with Gasteiger partial charge < -0.3 is 14.8 Å². The Morgan fingerprint density at radius 2 is 2.29 bits per heavy atom. The van der Waals surface area contributed by atoms with E-state index in [0.29, 0.717) is 19.1 Å². The van der Waals surface area contributed by atoms with Crippen LogP contribution in [0.3, 0.4) is 0 Å². The van der Waals surface area contributed by atoms with Gasteiger partial charge in [-0.1, -0.05) is 0 Å². The topological polar surface area (TPSA) is 50.8 Å². The number of carbonyl (C=O) groups excluding carboxylic acids is 1. The van der Waals surface area contributed by atoms with Crippen molar-refractivity contribution in [3.63, 3.8) is 0 Å². The Morgan fingerprint density at radius 1 is 1.53 bits per heavy atom. The Labute approximate surface area is 102 Å². The minimum atomic E-state index is -0.112. The second-order valence-electron chi connectivity index (χ2n) is 4.61. The van der Waals surface area contributed by atoms with E-state index in [1.807, 2.05) is 6.92 Å². The number of piperazine rings is 1. The molecule has 0 spiro atoms. The van der Waals surface area contributed by atoms with Crippen molar-refractivity contribution in [3.05, 3.63) is 0 Å². The Balaban J connectivity index is 2.01. The first-order valence-electron chi connectivity index (χ1n) is 6.52. The molecule has 0 aromatic carbocycles. The van der Waals surface area contributed by atoms with Gasteiger partial charge in [-0.25, -0.2) is 0 Å². The molecule has 0 bridgehead atoms. The predicted octanol–water partition coefficient (Wildman–Crippen LogP) is -0.140. The maximum atomic E-state index is 12.1. The maximum Gasteiger partial charge on any atom is 0.323 e. The fourth-order valence-electron chi connectivity index (χ4n) is 2.63. The fraction of sp³-hybridized carbons (Fsp3) is 0.917. The minimum absolute atomic E-state index is 0.0788. The molecule has 5 heteroatoms. The van der Waals surface area contributed by atoms with Crippen LogP contribution < -0.4 is 5.32 Å². The highest BCUT2D eigenvalue weighted by molar-refractivity contribution is 5.76. The summed E-state index contributed by atoms with van der Waals surface area (Å²) in [6.45, 7) is 7.50. The molecule has 5 nitrogen and oxygen atoms in total. The lowest BCUT2D eigenvalue weighted by Gasteiger charge is -2.35. The highest BCUT2D eigenvalue weighted by Crippen LogP contribution is 2.22.